The number of ether oxygens (including phenoxy) is 1. The Balaban J connectivity index is 1.70. The summed E-state index contributed by atoms with van der Waals surface area (Å²) in [5.74, 6) is 0.138. The quantitative estimate of drug-likeness (QED) is 0.610. The highest BCUT2D eigenvalue weighted by Crippen LogP contribution is 2.34. The highest BCUT2D eigenvalue weighted by Gasteiger charge is 2.33. The number of benzene rings is 1. The van der Waals surface area contributed by atoms with Crippen LogP contribution in [0, 0.1) is 0 Å². The SMILES string of the molecule is COc1nn(C)cc1-c1nnc(SCC(=O)Nc2ccccc2C(F)(F)F)n1C. The fourth-order valence-corrected chi connectivity index (χ4v) is 3.31. The van der Waals surface area contributed by atoms with Crippen LogP contribution in [0.2, 0.25) is 0 Å². The maximum Gasteiger partial charge on any atom is 0.418 e. The number of amides is 1. The Morgan fingerprint density at radius 2 is 1.97 bits per heavy atom. The van der Waals surface area contributed by atoms with E-state index >= 15 is 0 Å². The summed E-state index contributed by atoms with van der Waals surface area (Å²) in [5, 5.41) is 15.0. The summed E-state index contributed by atoms with van der Waals surface area (Å²) in [6.45, 7) is 0. The van der Waals surface area contributed by atoms with Crippen LogP contribution in [0.3, 0.4) is 0 Å². The van der Waals surface area contributed by atoms with Gasteiger partial charge in [-0.05, 0) is 12.1 Å². The van der Waals surface area contributed by atoms with Crippen molar-refractivity contribution in [2.45, 2.75) is 11.3 Å². The van der Waals surface area contributed by atoms with Crippen LogP contribution in [0.15, 0.2) is 35.6 Å². The predicted molar refractivity (Wildman–Crippen MR) is 101 cm³/mol. The highest BCUT2D eigenvalue weighted by molar-refractivity contribution is 7.99. The maximum atomic E-state index is 13.0. The van der Waals surface area contributed by atoms with E-state index in [0.29, 0.717) is 22.4 Å². The topological polar surface area (TPSA) is 86.9 Å². The van der Waals surface area contributed by atoms with Gasteiger partial charge in [-0.15, -0.1) is 15.3 Å². The lowest BCUT2D eigenvalue weighted by atomic mass is 10.1. The van der Waals surface area contributed by atoms with Crippen molar-refractivity contribution in [2.75, 3.05) is 18.2 Å². The van der Waals surface area contributed by atoms with Crippen molar-refractivity contribution in [3.63, 3.8) is 0 Å². The van der Waals surface area contributed by atoms with E-state index in [9.17, 15) is 18.0 Å². The number of aromatic nitrogens is 5. The molecule has 0 aliphatic heterocycles. The van der Waals surface area contributed by atoms with Gasteiger partial charge >= 0.3 is 6.18 Å². The van der Waals surface area contributed by atoms with Crippen LogP contribution < -0.4 is 10.1 Å². The molecule has 0 unspecified atom stereocenters. The van der Waals surface area contributed by atoms with Crippen LogP contribution in [0.5, 0.6) is 5.88 Å². The molecule has 8 nitrogen and oxygen atoms in total. The number of thioether (sulfide) groups is 1. The number of halogens is 3. The van der Waals surface area contributed by atoms with Gasteiger partial charge in [0.1, 0.15) is 5.56 Å². The number of aryl methyl sites for hydroxylation is 1. The van der Waals surface area contributed by atoms with E-state index in [1.807, 2.05) is 0 Å². The molecule has 29 heavy (non-hydrogen) atoms. The molecular formula is C17H17F3N6O2S. The summed E-state index contributed by atoms with van der Waals surface area (Å²) in [6.07, 6.45) is -2.84. The molecule has 1 amide bonds. The average Bonchev–Trinajstić information content (AvgIpc) is 3.21. The third kappa shape index (κ3) is 4.53. The van der Waals surface area contributed by atoms with Crippen molar-refractivity contribution in [3.8, 4) is 17.3 Å². The van der Waals surface area contributed by atoms with Gasteiger partial charge in [-0.1, -0.05) is 23.9 Å². The van der Waals surface area contributed by atoms with Crippen LogP contribution in [0.25, 0.3) is 11.4 Å². The first kappa shape index (κ1) is 20.7. The first-order valence-corrected chi connectivity index (χ1v) is 9.25. The molecule has 2 aromatic heterocycles. The summed E-state index contributed by atoms with van der Waals surface area (Å²) in [6, 6.07) is 4.81. The summed E-state index contributed by atoms with van der Waals surface area (Å²) < 4.78 is 47.5. The molecule has 0 spiro atoms. The third-order valence-corrected chi connectivity index (χ3v) is 4.92. The fourth-order valence-electron chi connectivity index (χ4n) is 2.60. The highest BCUT2D eigenvalue weighted by atomic mass is 32.2. The van der Waals surface area contributed by atoms with Crippen LogP contribution in [0.1, 0.15) is 5.56 Å². The zero-order valence-electron chi connectivity index (χ0n) is 15.7. The van der Waals surface area contributed by atoms with Crippen molar-refractivity contribution in [3.05, 3.63) is 36.0 Å². The van der Waals surface area contributed by atoms with Crippen molar-refractivity contribution in [1.82, 2.24) is 24.5 Å². The minimum Gasteiger partial charge on any atom is -0.479 e. The second kappa shape index (κ2) is 8.15. The number of carbonyl (C=O) groups is 1. The van der Waals surface area contributed by atoms with Crippen LogP contribution in [-0.2, 0) is 25.1 Å². The Bertz CT molecular complexity index is 1030. The molecule has 1 N–H and O–H groups in total. The zero-order chi connectivity index (χ0) is 21.2. The van der Waals surface area contributed by atoms with Crippen molar-refractivity contribution < 1.29 is 22.7 Å². The summed E-state index contributed by atoms with van der Waals surface area (Å²) in [7, 11) is 4.93. The lowest BCUT2D eigenvalue weighted by Gasteiger charge is -2.13. The van der Waals surface area contributed by atoms with Gasteiger partial charge in [0.25, 0.3) is 0 Å². The van der Waals surface area contributed by atoms with Gasteiger partial charge in [0.15, 0.2) is 11.0 Å². The second-order valence-corrected chi connectivity index (χ2v) is 6.91. The molecule has 0 radical (unpaired) electrons. The van der Waals surface area contributed by atoms with Crippen molar-refractivity contribution in [1.29, 1.82) is 0 Å². The predicted octanol–water partition coefficient (Wildman–Crippen LogP) is 2.97. The molecule has 0 aliphatic carbocycles. The smallest absolute Gasteiger partial charge is 0.418 e. The summed E-state index contributed by atoms with van der Waals surface area (Å²) in [5.41, 5.74) is -0.562. The fraction of sp³-hybridized carbons (Fsp3) is 0.294. The van der Waals surface area contributed by atoms with Gasteiger partial charge in [-0.3, -0.25) is 9.48 Å². The van der Waals surface area contributed by atoms with E-state index in [1.54, 1.807) is 29.5 Å². The molecule has 0 bridgehead atoms. The Morgan fingerprint density at radius 1 is 1.24 bits per heavy atom. The molecule has 3 aromatic rings. The van der Waals surface area contributed by atoms with E-state index in [0.717, 1.165) is 17.8 Å². The lowest BCUT2D eigenvalue weighted by Crippen LogP contribution is -2.18. The molecule has 0 fully saturated rings. The van der Waals surface area contributed by atoms with E-state index in [-0.39, 0.29) is 11.4 Å². The van der Waals surface area contributed by atoms with E-state index in [2.05, 4.69) is 20.6 Å². The number of alkyl halides is 3. The first-order chi connectivity index (χ1) is 13.7. The standard InChI is InChI=1S/C17H17F3N6O2S/c1-25-8-10(15(24-25)28-3)14-22-23-16(26(14)2)29-9-13(27)21-12-7-5-4-6-11(12)17(18,19)20/h4-8H,9H2,1-3H3,(H,21,27). The molecule has 12 heteroatoms. The van der Waals surface area contributed by atoms with Gasteiger partial charge in [-0.2, -0.15) is 13.2 Å². The average molecular weight is 426 g/mol. The number of para-hydroxylation sites is 1. The van der Waals surface area contributed by atoms with E-state index in [4.69, 9.17) is 4.74 Å². The monoisotopic (exact) mass is 426 g/mol. The number of hydrogen-bond donors (Lipinski definition) is 1. The number of nitrogens with zero attached hydrogens (tertiary/aromatic N) is 5. The lowest BCUT2D eigenvalue weighted by molar-refractivity contribution is -0.137. The number of nitrogens with one attached hydrogen (secondary N) is 1. The van der Waals surface area contributed by atoms with Gasteiger partial charge < -0.3 is 14.6 Å². The number of rotatable bonds is 6. The van der Waals surface area contributed by atoms with E-state index < -0.39 is 17.6 Å². The van der Waals surface area contributed by atoms with Gasteiger partial charge in [0.2, 0.25) is 11.8 Å². The van der Waals surface area contributed by atoms with Gasteiger partial charge in [0, 0.05) is 20.3 Å². The number of hydrogen-bond acceptors (Lipinski definition) is 6. The minimum atomic E-state index is -4.56. The van der Waals surface area contributed by atoms with Crippen LogP contribution >= 0.6 is 11.8 Å². The third-order valence-electron chi connectivity index (χ3n) is 3.90. The number of carbonyl (C=O) groups excluding carboxylic acids is 1. The molecule has 3 rings (SSSR count). The number of anilines is 1. The van der Waals surface area contributed by atoms with Crippen molar-refractivity contribution in [2.24, 2.45) is 14.1 Å². The molecule has 0 atom stereocenters. The molecular weight excluding hydrogens is 409 g/mol. The molecule has 1 aromatic carbocycles. The molecule has 154 valence electrons. The van der Waals surface area contributed by atoms with Gasteiger partial charge in [-0.25, -0.2) is 0 Å². The van der Waals surface area contributed by atoms with Crippen molar-refractivity contribution >= 4 is 23.4 Å². The first-order valence-electron chi connectivity index (χ1n) is 8.27. The largest absolute Gasteiger partial charge is 0.479 e. The zero-order valence-corrected chi connectivity index (χ0v) is 16.5. The second-order valence-electron chi connectivity index (χ2n) is 5.97. The molecule has 0 saturated carbocycles. The minimum absolute atomic E-state index is 0.137. The Hall–Kier alpha value is -3.02. The summed E-state index contributed by atoms with van der Waals surface area (Å²) >= 11 is 1.05. The molecule has 0 saturated heterocycles. The summed E-state index contributed by atoms with van der Waals surface area (Å²) in [4.78, 5) is 12.2. The maximum absolute atomic E-state index is 13.0. The number of methoxy groups -OCH3 is 1. The molecule has 2 heterocycles. The van der Waals surface area contributed by atoms with Crippen LogP contribution in [0.4, 0.5) is 18.9 Å². The Morgan fingerprint density at radius 3 is 2.66 bits per heavy atom. The van der Waals surface area contributed by atoms with E-state index in [1.165, 1.54) is 25.3 Å². The Labute approximate surface area is 168 Å². The van der Waals surface area contributed by atoms with Crippen LogP contribution in [-0.4, -0.2) is 43.3 Å². The molecule has 0 aliphatic rings. The Kier molecular flexibility index (Phi) is 5.82. The normalized spacial score (nSPS) is 11.5. The van der Waals surface area contributed by atoms with Gasteiger partial charge in [0.05, 0.1) is 24.1 Å².